The summed E-state index contributed by atoms with van der Waals surface area (Å²) in [6.45, 7) is 12.8. The molecule has 2 aliphatic heterocycles. The summed E-state index contributed by atoms with van der Waals surface area (Å²) in [7, 11) is -1.50. The van der Waals surface area contributed by atoms with E-state index in [4.69, 9.17) is 4.74 Å². The maximum Gasteiger partial charge on any atom is 0.488 e. The number of piperazine rings is 2. The number of nitrogens with one attached hydrogen (secondary N) is 1. The average Bonchev–Trinajstić information content (AvgIpc) is 2.67. The summed E-state index contributed by atoms with van der Waals surface area (Å²) in [6.07, 6.45) is -0.281. The topological polar surface area (TPSA) is 88.5 Å². The first-order chi connectivity index (χ1) is 13.7. The van der Waals surface area contributed by atoms with Crippen molar-refractivity contribution in [1.82, 2.24) is 15.1 Å². The van der Waals surface area contributed by atoms with Gasteiger partial charge in [-0.25, -0.2) is 4.79 Å². The molecule has 3 rings (SSSR count). The van der Waals surface area contributed by atoms with Crippen LogP contribution in [0.2, 0.25) is 0 Å². The first kappa shape index (κ1) is 21.9. The van der Waals surface area contributed by atoms with Crippen molar-refractivity contribution < 1.29 is 19.6 Å². The second-order valence-electron chi connectivity index (χ2n) is 8.79. The molecule has 2 saturated heterocycles. The Balaban J connectivity index is 1.67. The summed E-state index contributed by atoms with van der Waals surface area (Å²) >= 11 is 0. The zero-order valence-electron chi connectivity index (χ0n) is 17.7. The van der Waals surface area contributed by atoms with Crippen LogP contribution in [0.15, 0.2) is 18.2 Å². The van der Waals surface area contributed by atoms with Crippen molar-refractivity contribution in [2.75, 3.05) is 57.3 Å². The van der Waals surface area contributed by atoms with E-state index >= 15 is 0 Å². The summed E-state index contributed by atoms with van der Waals surface area (Å²) in [4.78, 5) is 18.6. The summed E-state index contributed by atoms with van der Waals surface area (Å²) < 4.78 is 5.46. The largest absolute Gasteiger partial charge is 0.488 e. The number of anilines is 1. The van der Waals surface area contributed by atoms with Gasteiger partial charge in [0.2, 0.25) is 0 Å². The lowest BCUT2D eigenvalue weighted by atomic mass is 9.79. The van der Waals surface area contributed by atoms with Crippen molar-refractivity contribution in [3.63, 3.8) is 0 Å². The lowest BCUT2D eigenvalue weighted by Crippen LogP contribution is -2.50. The molecule has 8 nitrogen and oxygen atoms in total. The third-order valence-corrected chi connectivity index (χ3v) is 5.21. The Hall–Kier alpha value is -1.81. The third kappa shape index (κ3) is 6.34. The van der Waals surface area contributed by atoms with Crippen LogP contribution < -0.4 is 15.7 Å². The minimum Gasteiger partial charge on any atom is -0.444 e. The van der Waals surface area contributed by atoms with Gasteiger partial charge in [0, 0.05) is 64.6 Å². The van der Waals surface area contributed by atoms with E-state index in [1.54, 1.807) is 4.90 Å². The molecule has 2 heterocycles. The summed E-state index contributed by atoms with van der Waals surface area (Å²) in [5.41, 5.74) is 2.03. The highest BCUT2D eigenvalue weighted by Gasteiger charge is 2.27. The smallest absolute Gasteiger partial charge is 0.444 e. The highest BCUT2D eigenvalue weighted by Crippen LogP contribution is 2.20. The Labute approximate surface area is 173 Å². The molecule has 0 radical (unpaired) electrons. The van der Waals surface area contributed by atoms with Crippen molar-refractivity contribution in [1.29, 1.82) is 0 Å². The molecule has 2 fully saturated rings. The molecule has 0 saturated carbocycles. The van der Waals surface area contributed by atoms with Gasteiger partial charge in [0.25, 0.3) is 0 Å². The highest BCUT2D eigenvalue weighted by molar-refractivity contribution is 6.58. The van der Waals surface area contributed by atoms with E-state index in [1.807, 2.05) is 32.9 Å². The minimum absolute atomic E-state index is 0.281. The number of rotatable bonds is 4. The molecule has 160 valence electrons. The summed E-state index contributed by atoms with van der Waals surface area (Å²) in [5, 5.41) is 22.8. The van der Waals surface area contributed by atoms with Crippen molar-refractivity contribution >= 4 is 24.4 Å². The highest BCUT2D eigenvalue weighted by atomic mass is 16.6. The normalized spacial score (nSPS) is 18.7. The molecular weight excluding hydrogens is 371 g/mol. The van der Waals surface area contributed by atoms with Crippen molar-refractivity contribution in [3.05, 3.63) is 23.8 Å². The maximum atomic E-state index is 12.3. The van der Waals surface area contributed by atoms with Gasteiger partial charge >= 0.3 is 13.2 Å². The van der Waals surface area contributed by atoms with Crippen molar-refractivity contribution in [2.45, 2.75) is 32.9 Å². The predicted molar refractivity (Wildman–Crippen MR) is 114 cm³/mol. The molecular formula is C20H33BN4O4. The van der Waals surface area contributed by atoms with Gasteiger partial charge in [0.15, 0.2) is 0 Å². The molecule has 0 bridgehead atoms. The van der Waals surface area contributed by atoms with Crippen molar-refractivity contribution in [2.24, 2.45) is 0 Å². The lowest BCUT2D eigenvalue weighted by molar-refractivity contribution is 0.0240. The number of amides is 1. The van der Waals surface area contributed by atoms with Crippen LogP contribution in [-0.2, 0) is 11.3 Å². The Morgan fingerprint density at radius 3 is 2.31 bits per heavy atom. The molecule has 0 spiro atoms. The number of carbonyl (C=O) groups excluding carboxylic acids is 1. The van der Waals surface area contributed by atoms with Gasteiger partial charge in [0.05, 0.1) is 0 Å². The molecule has 1 amide bonds. The Bertz CT molecular complexity index is 696. The molecule has 0 unspecified atom stereocenters. The number of nitrogens with zero attached hydrogens (tertiary/aromatic N) is 3. The Morgan fingerprint density at radius 1 is 1.07 bits per heavy atom. The fraction of sp³-hybridized carbons (Fsp3) is 0.650. The first-order valence-corrected chi connectivity index (χ1v) is 10.4. The first-order valence-electron chi connectivity index (χ1n) is 10.4. The molecule has 1 aromatic carbocycles. The molecule has 0 atom stereocenters. The van der Waals surface area contributed by atoms with E-state index in [0.717, 1.165) is 44.0 Å². The van der Waals surface area contributed by atoms with E-state index in [1.165, 1.54) is 0 Å². The number of hydrogen-bond donors (Lipinski definition) is 3. The maximum absolute atomic E-state index is 12.3. The monoisotopic (exact) mass is 404 g/mol. The van der Waals surface area contributed by atoms with Crippen LogP contribution in [0.25, 0.3) is 0 Å². The fourth-order valence-electron chi connectivity index (χ4n) is 3.72. The van der Waals surface area contributed by atoms with Crippen LogP contribution in [-0.4, -0.2) is 91.0 Å². The Kier molecular flexibility index (Phi) is 7.05. The van der Waals surface area contributed by atoms with Gasteiger partial charge in [0.1, 0.15) is 5.60 Å². The molecule has 3 N–H and O–H groups in total. The summed E-state index contributed by atoms with van der Waals surface area (Å²) in [6, 6.07) is 5.82. The van der Waals surface area contributed by atoms with Crippen LogP contribution in [0.5, 0.6) is 0 Å². The zero-order valence-corrected chi connectivity index (χ0v) is 17.7. The average molecular weight is 404 g/mol. The van der Waals surface area contributed by atoms with Gasteiger partial charge in [-0.2, -0.15) is 0 Å². The fourth-order valence-corrected chi connectivity index (χ4v) is 3.72. The van der Waals surface area contributed by atoms with Gasteiger partial charge in [-0.05, 0) is 43.9 Å². The van der Waals surface area contributed by atoms with E-state index in [0.29, 0.717) is 31.6 Å². The molecule has 0 aromatic heterocycles. The molecule has 29 heavy (non-hydrogen) atoms. The lowest BCUT2D eigenvalue weighted by Gasteiger charge is -2.37. The second kappa shape index (κ2) is 9.34. The second-order valence-corrected chi connectivity index (χ2v) is 8.79. The standard InChI is InChI=1S/C20H33BN4O4/c1-20(2,3)29-19(26)25-10-8-24(9-11-25)18-13-16(12-17(14-18)21(27)28)15-23-6-4-22-5-7-23/h12-14,22,27-28H,4-11,15H2,1-3H3. The van der Waals surface area contributed by atoms with E-state index in [-0.39, 0.29) is 6.09 Å². The molecule has 1 aromatic rings. The molecule has 0 aliphatic carbocycles. The number of carbonyl (C=O) groups is 1. The van der Waals surface area contributed by atoms with Gasteiger partial charge in [-0.3, -0.25) is 4.90 Å². The van der Waals surface area contributed by atoms with E-state index < -0.39 is 12.7 Å². The number of benzene rings is 1. The zero-order chi connectivity index (χ0) is 21.0. The number of ether oxygens (including phenoxy) is 1. The Morgan fingerprint density at radius 2 is 1.72 bits per heavy atom. The van der Waals surface area contributed by atoms with Crippen molar-refractivity contribution in [3.8, 4) is 0 Å². The van der Waals surface area contributed by atoms with Crippen LogP contribution in [0.4, 0.5) is 10.5 Å². The van der Waals surface area contributed by atoms with E-state index in [2.05, 4.69) is 21.2 Å². The van der Waals surface area contributed by atoms with Crippen LogP contribution in [0, 0.1) is 0 Å². The van der Waals surface area contributed by atoms with Crippen LogP contribution in [0.1, 0.15) is 26.3 Å². The van der Waals surface area contributed by atoms with Gasteiger partial charge < -0.3 is 29.9 Å². The van der Waals surface area contributed by atoms with Gasteiger partial charge in [-0.1, -0.05) is 6.07 Å². The summed E-state index contributed by atoms with van der Waals surface area (Å²) in [5.74, 6) is 0. The quantitative estimate of drug-likeness (QED) is 0.601. The predicted octanol–water partition coefficient (Wildman–Crippen LogP) is -0.171. The third-order valence-electron chi connectivity index (χ3n) is 5.21. The number of hydrogen-bond acceptors (Lipinski definition) is 7. The molecule has 9 heteroatoms. The van der Waals surface area contributed by atoms with Crippen LogP contribution >= 0.6 is 0 Å². The SMILES string of the molecule is CC(C)(C)OC(=O)N1CCN(c2cc(CN3CCNCC3)cc(B(O)O)c2)CC1. The molecule has 2 aliphatic rings. The van der Waals surface area contributed by atoms with Crippen LogP contribution in [0.3, 0.4) is 0 Å². The van der Waals surface area contributed by atoms with Gasteiger partial charge in [-0.15, -0.1) is 0 Å². The van der Waals surface area contributed by atoms with E-state index in [9.17, 15) is 14.8 Å². The minimum atomic E-state index is -1.50.